The lowest BCUT2D eigenvalue weighted by Gasteiger charge is -2.06. The maximum absolute atomic E-state index is 12.2. The van der Waals surface area contributed by atoms with Crippen LogP contribution in [-0.2, 0) is 17.8 Å². The Balaban J connectivity index is 1.40. The molecule has 4 rings (SSSR count). The number of amides is 1. The van der Waals surface area contributed by atoms with Crippen LogP contribution in [-0.4, -0.2) is 22.7 Å². The predicted octanol–water partition coefficient (Wildman–Crippen LogP) is 2.15. The fourth-order valence-electron chi connectivity index (χ4n) is 2.65. The van der Waals surface area contributed by atoms with E-state index < -0.39 is 0 Å². The monoisotopic (exact) mass is 309 g/mol. The number of pyridine rings is 1. The Kier molecular flexibility index (Phi) is 3.34. The van der Waals surface area contributed by atoms with Gasteiger partial charge < -0.3 is 19.8 Å². The first-order chi connectivity index (χ1) is 11.3. The molecule has 0 fully saturated rings. The van der Waals surface area contributed by atoms with Gasteiger partial charge in [0.25, 0.3) is 0 Å². The summed E-state index contributed by atoms with van der Waals surface area (Å²) in [4.78, 5) is 19.5. The van der Waals surface area contributed by atoms with Gasteiger partial charge in [-0.2, -0.15) is 0 Å². The molecule has 0 saturated carbocycles. The molecule has 2 N–H and O–H groups in total. The SMILES string of the molecule is O=C(Cc1c[nH]c2ncccc12)NCc1ccc2c(c1)OCO2. The summed E-state index contributed by atoms with van der Waals surface area (Å²) in [5, 5.41) is 3.90. The molecule has 0 atom stereocenters. The van der Waals surface area contributed by atoms with Crippen LogP contribution in [0.5, 0.6) is 11.5 Å². The number of aromatic amines is 1. The number of nitrogens with one attached hydrogen (secondary N) is 2. The third kappa shape index (κ3) is 2.70. The minimum Gasteiger partial charge on any atom is -0.454 e. The van der Waals surface area contributed by atoms with Crippen molar-refractivity contribution in [2.75, 3.05) is 6.79 Å². The maximum Gasteiger partial charge on any atom is 0.231 e. The van der Waals surface area contributed by atoms with E-state index in [2.05, 4.69) is 15.3 Å². The molecule has 116 valence electrons. The second-order valence-corrected chi connectivity index (χ2v) is 5.35. The Hall–Kier alpha value is -3.02. The molecule has 6 heteroatoms. The molecule has 0 unspecified atom stereocenters. The number of ether oxygens (including phenoxy) is 2. The number of fused-ring (bicyclic) bond motifs is 2. The summed E-state index contributed by atoms with van der Waals surface area (Å²) in [5.41, 5.74) is 2.71. The molecular weight excluding hydrogens is 294 g/mol. The summed E-state index contributed by atoms with van der Waals surface area (Å²) < 4.78 is 10.6. The number of H-pyrrole nitrogens is 1. The zero-order valence-electron chi connectivity index (χ0n) is 12.3. The molecule has 1 aromatic carbocycles. The lowest BCUT2D eigenvalue weighted by atomic mass is 10.1. The van der Waals surface area contributed by atoms with E-state index in [4.69, 9.17) is 9.47 Å². The van der Waals surface area contributed by atoms with Crippen LogP contribution in [0, 0.1) is 0 Å². The van der Waals surface area contributed by atoms with Crippen molar-refractivity contribution >= 4 is 16.9 Å². The van der Waals surface area contributed by atoms with Crippen LogP contribution in [0.4, 0.5) is 0 Å². The molecule has 6 nitrogen and oxygen atoms in total. The van der Waals surface area contributed by atoms with E-state index in [9.17, 15) is 4.79 Å². The normalized spacial score (nSPS) is 12.5. The number of nitrogens with zero attached hydrogens (tertiary/aromatic N) is 1. The molecule has 0 aliphatic carbocycles. The van der Waals surface area contributed by atoms with Crippen LogP contribution in [0.2, 0.25) is 0 Å². The first kappa shape index (κ1) is 13.6. The molecule has 0 radical (unpaired) electrons. The van der Waals surface area contributed by atoms with E-state index in [1.165, 1.54) is 0 Å². The fourth-order valence-corrected chi connectivity index (χ4v) is 2.65. The van der Waals surface area contributed by atoms with E-state index >= 15 is 0 Å². The number of carbonyl (C=O) groups excluding carboxylic acids is 1. The Morgan fingerprint density at radius 3 is 3.13 bits per heavy atom. The van der Waals surface area contributed by atoms with E-state index in [1.54, 1.807) is 6.20 Å². The van der Waals surface area contributed by atoms with Crippen molar-refractivity contribution in [2.24, 2.45) is 0 Å². The molecule has 1 aliphatic rings. The van der Waals surface area contributed by atoms with Crippen LogP contribution in [0.15, 0.2) is 42.7 Å². The summed E-state index contributed by atoms with van der Waals surface area (Å²) >= 11 is 0. The minimum atomic E-state index is -0.0348. The summed E-state index contributed by atoms with van der Waals surface area (Å²) in [5.74, 6) is 1.43. The quantitative estimate of drug-likeness (QED) is 0.774. The second kappa shape index (κ2) is 5.64. The van der Waals surface area contributed by atoms with Crippen molar-refractivity contribution in [1.82, 2.24) is 15.3 Å². The number of benzene rings is 1. The molecule has 0 spiro atoms. The highest BCUT2D eigenvalue weighted by Crippen LogP contribution is 2.32. The molecule has 0 saturated heterocycles. The minimum absolute atomic E-state index is 0.0348. The highest BCUT2D eigenvalue weighted by molar-refractivity contribution is 5.87. The Labute approximate surface area is 132 Å². The van der Waals surface area contributed by atoms with Gasteiger partial charge in [-0.1, -0.05) is 6.07 Å². The Morgan fingerprint density at radius 2 is 2.17 bits per heavy atom. The average Bonchev–Trinajstić information content (AvgIpc) is 3.20. The first-order valence-electron chi connectivity index (χ1n) is 7.36. The van der Waals surface area contributed by atoms with Crippen LogP contribution < -0.4 is 14.8 Å². The lowest BCUT2D eigenvalue weighted by molar-refractivity contribution is -0.120. The Bertz CT molecular complexity index is 872. The summed E-state index contributed by atoms with van der Waals surface area (Å²) in [6.45, 7) is 0.704. The van der Waals surface area contributed by atoms with Gasteiger partial charge in [0.15, 0.2) is 11.5 Å². The molecule has 2 aromatic heterocycles. The van der Waals surface area contributed by atoms with Gasteiger partial charge in [0.1, 0.15) is 5.65 Å². The van der Waals surface area contributed by atoms with Gasteiger partial charge in [0.2, 0.25) is 12.7 Å². The van der Waals surface area contributed by atoms with Gasteiger partial charge in [0, 0.05) is 24.3 Å². The van der Waals surface area contributed by atoms with Gasteiger partial charge in [-0.25, -0.2) is 4.98 Å². The third-order valence-electron chi connectivity index (χ3n) is 3.81. The predicted molar refractivity (Wildman–Crippen MR) is 84.2 cm³/mol. The molecule has 23 heavy (non-hydrogen) atoms. The summed E-state index contributed by atoms with van der Waals surface area (Å²) in [6, 6.07) is 9.49. The highest BCUT2D eigenvalue weighted by Gasteiger charge is 2.14. The zero-order chi connectivity index (χ0) is 15.6. The van der Waals surface area contributed by atoms with Gasteiger partial charge in [0.05, 0.1) is 6.42 Å². The molecule has 3 aromatic rings. The van der Waals surface area contributed by atoms with E-state index in [1.807, 2.05) is 36.5 Å². The maximum atomic E-state index is 12.2. The van der Waals surface area contributed by atoms with E-state index in [0.717, 1.165) is 33.7 Å². The smallest absolute Gasteiger partial charge is 0.231 e. The molecule has 0 bridgehead atoms. The summed E-state index contributed by atoms with van der Waals surface area (Å²) in [7, 11) is 0. The number of carbonyl (C=O) groups is 1. The van der Waals surface area contributed by atoms with Crippen molar-refractivity contribution in [1.29, 1.82) is 0 Å². The third-order valence-corrected chi connectivity index (χ3v) is 3.81. The molecule has 1 aliphatic heterocycles. The standard InChI is InChI=1S/C17H15N3O3/c21-16(7-12-9-20-17-13(12)2-1-5-18-17)19-8-11-3-4-14-15(6-11)23-10-22-14/h1-6,9H,7-8,10H2,(H,18,20)(H,19,21). The number of rotatable bonds is 4. The zero-order valence-corrected chi connectivity index (χ0v) is 12.3. The van der Waals surface area contributed by atoms with Gasteiger partial charge in [-0.3, -0.25) is 4.79 Å². The largest absolute Gasteiger partial charge is 0.454 e. The van der Waals surface area contributed by atoms with Crippen molar-refractivity contribution in [3.05, 3.63) is 53.9 Å². The first-order valence-corrected chi connectivity index (χ1v) is 7.36. The molecular formula is C17H15N3O3. The fraction of sp³-hybridized carbons (Fsp3) is 0.176. The lowest BCUT2D eigenvalue weighted by Crippen LogP contribution is -2.24. The average molecular weight is 309 g/mol. The van der Waals surface area contributed by atoms with Gasteiger partial charge >= 0.3 is 0 Å². The number of hydrogen-bond donors (Lipinski definition) is 2. The van der Waals surface area contributed by atoms with Crippen LogP contribution in [0.3, 0.4) is 0 Å². The highest BCUT2D eigenvalue weighted by atomic mass is 16.7. The summed E-state index contributed by atoms with van der Waals surface area (Å²) in [6.07, 6.45) is 3.87. The molecule has 1 amide bonds. The van der Waals surface area contributed by atoms with Crippen LogP contribution >= 0.6 is 0 Å². The number of hydrogen-bond acceptors (Lipinski definition) is 4. The topological polar surface area (TPSA) is 76.2 Å². The van der Waals surface area contributed by atoms with Gasteiger partial charge in [-0.05, 0) is 35.4 Å². The van der Waals surface area contributed by atoms with E-state index in [0.29, 0.717) is 13.0 Å². The second-order valence-electron chi connectivity index (χ2n) is 5.35. The van der Waals surface area contributed by atoms with Crippen molar-refractivity contribution in [3.63, 3.8) is 0 Å². The van der Waals surface area contributed by atoms with Gasteiger partial charge in [-0.15, -0.1) is 0 Å². The van der Waals surface area contributed by atoms with Crippen molar-refractivity contribution in [3.8, 4) is 11.5 Å². The molecule has 3 heterocycles. The van der Waals surface area contributed by atoms with E-state index in [-0.39, 0.29) is 12.7 Å². The van der Waals surface area contributed by atoms with Crippen molar-refractivity contribution in [2.45, 2.75) is 13.0 Å². The van der Waals surface area contributed by atoms with Crippen molar-refractivity contribution < 1.29 is 14.3 Å². The number of aromatic nitrogens is 2. The van der Waals surface area contributed by atoms with Crippen LogP contribution in [0.25, 0.3) is 11.0 Å². The van der Waals surface area contributed by atoms with Crippen LogP contribution in [0.1, 0.15) is 11.1 Å². The Morgan fingerprint density at radius 1 is 1.26 bits per heavy atom.